The number of aromatic nitrogens is 1. The van der Waals surface area contributed by atoms with Gasteiger partial charge >= 0.3 is 0 Å². The minimum absolute atomic E-state index is 0.0441. The normalized spacial score (nSPS) is 12.3. The Hall–Kier alpha value is -1.78. The van der Waals surface area contributed by atoms with Gasteiger partial charge in [0.25, 0.3) is 0 Å². The third-order valence-electron chi connectivity index (χ3n) is 3.02. The van der Waals surface area contributed by atoms with Crippen LogP contribution < -0.4 is 5.14 Å². The molecule has 0 aliphatic heterocycles. The second-order valence-corrected chi connectivity index (χ2v) is 7.79. The van der Waals surface area contributed by atoms with Crippen LogP contribution >= 0.6 is 34.7 Å². The molecule has 2 aromatic carbocycles. The second-order valence-electron chi connectivity index (χ2n) is 4.67. The van der Waals surface area contributed by atoms with Crippen LogP contribution in [0.4, 0.5) is 10.7 Å². The number of nitrogens with two attached hydrogens (primary N) is 1. The fraction of sp³-hybridized carbons (Fsp3) is 0. The molecule has 0 atom stereocenters. The van der Waals surface area contributed by atoms with Crippen LogP contribution in [-0.4, -0.2) is 17.9 Å². The average molecular weight is 403 g/mol. The van der Waals surface area contributed by atoms with Crippen molar-refractivity contribution in [3.05, 3.63) is 40.4 Å². The minimum atomic E-state index is -3.83. The van der Waals surface area contributed by atoms with Gasteiger partial charge in [0.1, 0.15) is 11.4 Å². The molecular formula is C13H8Cl2N4O3S2. The van der Waals surface area contributed by atoms with E-state index in [1.807, 2.05) is 0 Å². The molecule has 124 valence electrons. The van der Waals surface area contributed by atoms with Crippen molar-refractivity contribution in [1.29, 1.82) is 0 Å². The van der Waals surface area contributed by atoms with Crippen LogP contribution in [0.5, 0.6) is 5.75 Å². The number of hydrogen-bond donors (Lipinski definition) is 2. The first-order chi connectivity index (χ1) is 11.3. The molecular weight excluding hydrogens is 395 g/mol. The number of phenolic OH excluding ortho intramolecular Hbond substituents is 1. The Bertz CT molecular complexity index is 1080. The van der Waals surface area contributed by atoms with Crippen LogP contribution in [0.25, 0.3) is 10.9 Å². The lowest BCUT2D eigenvalue weighted by molar-refractivity contribution is 0.475. The molecule has 0 spiro atoms. The quantitative estimate of drug-likeness (QED) is 0.631. The van der Waals surface area contributed by atoms with Gasteiger partial charge in [0.15, 0.2) is 5.00 Å². The van der Waals surface area contributed by atoms with Gasteiger partial charge in [0.2, 0.25) is 10.0 Å². The Morgan fingerprint density at radius 2 is 1.88 bits per heavy atom. The van der Waals surface area contributed by atoms with E-state index < -0.39 is 10.0 Å². The molecule has 11 heteroatoms. The highest BCUT2D eigenvalue weighted by Gasteiger charge is 2.13. The van der Waals surface area contributed by atoms with Crippen molar-refractivity contribution in [2.75, 3.05) is 0 Å². The largest absolute Gasteiger partial charge is 0.506 e. The number of primary sulfonamides is 1. The van der Waals surface area contributed by atoms with Crippen LogP contribution in [0, 0.1) is 0 Å². The number of rotatable bonds is 3. The van der Waals surface area contributed by atoms with Gasteiger partial charge in [-0.15, -0.1) is 10.2 Å². The minimum Gasteiger partial charge on any atom is -0.506 e. The van der Waals surface area contributed by atoms with Crippen molar-refractivity contribution in [3.8, 4) is 5.75 Å². The summed E-state index contributed by atoms with van der Waals surface area (Å²) >= 11 is 12.8. The summed E-state index contributed by atoms with van der Waals surface area (Å²) in [5.74, 6) is -0.165. The molecule has 0 saturated heterocycles. The highest BCUT2D eigenvalue weighted by Crippen LogP contribution is 2.37. The van der Waals surface area contributed by atoms with Crippen LogP contribution in [-0.2, 0) is 10.0 Å². The fourth-order valence-corrected chi connectivity index (χ4v) is 3.44. The van der Waals surface area contributed by atoms with E-state index in [-0.39, 0.29) is 26.4 Å². The van der Waals surface area contributed by atoms with E-state index in [4.69, 9.17) is 28.3 Å². The van der Waals surface area contributed by atoms with Gasteiger partial charge in [-0.3, -0.25) is 0 Å². The van der Waals surface area contributed by atoms with E-state index in [0.717, 1.165) is 11.5 Å². The summed E-state index contributed by atoms with van der Waals surface area (Å²) < 4.78 is 27.1. The summed E-state index contributed by atoms with van der Waals surface area (Å²) in [4.78, 5) is -0.0441. The van der Waals surface area contributed by atoms with Crippen molar-refractivity contribution in [3.63, 3.8) is 0 Å². The average Bonchev–Trinajstić information content (AvgIpc) is 2.91. The first-order valence-electron chi connectivity index (χ1n) is 6.27. The van der Waals surface area contributed by atoms with E-state index in [2.05, 4.69) is 14.6 Å². The summed E-state index contributed by atoms with van der Waals surface area (Å²) in [5, 5.41) is 23.7. The third-order valence-corrected chi connectivity index (χ3v) is 5.30. The number of hydrogen-bond acceptors (Lipinski definition) is 7. The van der Waals surface area contributed by atoms with E-state index in [0.29, 0.717) is 15.9 Å². The summed E-state index contributed by atoms with van der Waals surface area (Å²) in [6, 6.07) is 6.90. The number of nitrogens with zero attached hydrogens (tertiary/aromatic N) is 3. The lowest BCUT2D eigenvalue weighted by Crippen LogP contribution is -2.11. The van der Waals surface area contributed by atoms with E-state index >= 15 is 0 Å². The molecule has 0 aliphatic carbocycles. The number of sulfonamides is 1. The zero-order chi connectivity index (χ0) is 17.5. The van der Waals surface area contributed by atoms with Crippen LogP contribution in [0.1, 0.15) is 0 Å². The van der Waals surface area contributed by atoms with Gasteiger partial charge in [-0.05, 0) is 35.8 Å². The van der Waals surface area contributed by atoms with E-state index in [1.165, 1.54) is 30.3 Å². The first kappa shape index (κ1) is 17.1. The molecule has 1 heterocycles. The highest BCUT2D eigenvalue weighted by atomic mass is 35.5. The smallest absolute Gasteiger partial charge is 0.238 e. The standard InChI is InChI=1S/C13H8Cl2N4O3S2/c14-8-5-12(20)9(15)4-11(8)17-18-13-7-3-6(24(16,21)22)1-2-10(7)19-23-13/h1-5,20H,(H2,16,21,22)/b18-17+. The molecule has 0 bridgehead atoms. The van der Waals surface area contributed by atoms with Crippen LogP contribution in [0.2, 0.25) is 10.0 Å². The first-order valence-corrected chi connectivity index (χ1v) is 9.35. The molecule has 3 N–H and O–H groups in total. The summed E-state index contributed by atoms with van der Waals surface area (Å²) in [5.41, 5.74) is 0.819. The number of benzene rings is 2. The second kappa shape index (κ2) is 6.26. The lowest BCUT2D eigenvalue weighted by Gasteiger charge is -2.00. The molecule has 0 fully saturated rings. The maximum atomic E-state index is 11.5. The van der Waals surface area contributed by atoms with E-state index in [1.54, 1.807) is 0 Å². The lowest BCUT2D eigenvalue weighted by atomic mass is 10.2. The SMILES string of the molecule is NS(=O)(=O)c1ccc2nsc(/N=N/c3cc(Cl)c(O)cc3Cl)c2c1. The zero-order valence-electron chi connectivity index (χ0n) is 11.6. The van der Waals surface area contributed by atoms with Crippen molar-refractivity contribution < 1.29 is 13.5 Å². The predicted molar refractivity (Wildman–Crippen MR) is 93.3 cm³/mol. The van der Waals surface area contributed by atoms with Crippen molar-refractivity contribution in [2.45, 2.75) is 4.90 Å². The van der Waals surface area contributed by atoms with Gasteiger partial charge in [-0.25, -0.2) is 13.6 Å². The third kappa shape index (κ3) is 3.35. The Morgan fingerprint density at radius 3 is 2.58 bits per heavy atom. The Labute approximate surface area is 150 Å². The molecule has 0 amide bonds. The predicted octanol–water partition coefficient (Wildman–Crippen LogP) is 4.37. The van der Waals surface area contributed by atoms with Gasteiger partial charge in [-0.2, -0.15) is 4.37 Å². The molecule has 3 rings (SSSR count). The number of azo groups is 1. The van der Waals surface area contributed by atoms with Gasteiger partial charge in [-0.1, -0.05) is 23.2 Å². The maximum absolute atomic E-state index is 11.5. The van der Waals surface area contributed by atoms with Crippen LogP contribution in [0.15, 0.2) is 45.5 Å². The van der Waals surface area contributed by atoms with Crippen molar-refractivity contribution in [1.82, 2.24) is 4.37 Å². The molecule has 1 aromatic heterocycles. The van der Waals surface area contributed by atoms with Gasteiger partial charge in [0.05, 0.1) is 20.5 Å². The Morgan fingerprint density at radius 1 is 1.12 bits per heavy atom. The number of aromatic hydroxyl groups is 1. The Kier molecular flexibility index (Phi) is 4.45. The number of fused-ring (bicyclic) bond motifs is 1. The molecule has 0 saturated carbocycles. The zero-order valence-corrected chi connectivity index (χ0v) is 14.8. The monoisotopic (exact) mass is 402 g/mol. The fourth-order valence-electron chi connectivity index (χ4n) is 1.86. The molecule has 24 heavy (non-hydrogen) atoms. The van der Waals surface area contributed by atoms with Gasteiger partial charge < -0.3 is 5.11 Å². The topological polar surface area (TPSA) is 118 Å². The Balaban J connectivity index is 2.06. The molecule has 0 radical (unpaired) electrons. The van der Waals surface area contributed by atoms with E-state index in [9.17, 15) is 13.5 Å². The molecule has 3 aromatic rings. The summed E-state index contributed by atoms with van der Waals surface area (Å²) in [7, 11) is -3.83. The van der Waals surface area contributed by atoms with Gasteiger partial charge in [0, 0.05) is 11.5 Å². The van der Waals surface area contributed by atoms with Crippen molar-refractivity contribution >= 4 is 66.3 Å². The number of phenols is 1. The molecule has 7 nitrogen and oxygen atoms in total. The summed E-state index contributed by atoms with van der Waals surface area (Å²) in [6.45, 7) is 0. The van der Waals surface area contributed by atoms with Crippen LogP contribution in [0.3, 0.4) is 0 Å². The van der Waals surface area contributed by atoms with Crippen molar-refractivity contribution in [2.24, 2.45) is 15.4 Å². The summed E-state index contributed by atoms with van der Waals surface area (Å²) in [6.07, 6.45) is 0. The maximum Gasteiger partial charge on any atom is 0.238 e. The highest BCUT2D eigenvalue weighted by molar-refractivity contribution is 7.89. The molecule has 0 unspecified atom stereocenters. The number of halogens is 2. The molecule has 0 aliphatic rings.